The SMILES string of the molecule is CC(=O)C#Cc1c[nH]c2cncc(Br)c12. The minimum Gasteiger partial charge on any atom is -0.359 e. The maximum absolute atomic E-state index is 10.8. The average molecular weight is 263 g/mol. The quantitative estimate of drug-likeness (QED) is 0.741. The largest absolute Gasteiger partial charge is 0.359 e. The van der Waals surface area contributed by atoms with Gasteiger partial charge in [0.15, 0.2) is 0 Å². The lowest BCUT2D eigenvalue weighted by Crippen LogP contribution is -1.81. The molecular weight excluding hydrogens is 256 g/mol. The Kier molecular flexibility index (Phi) is 2.57. The predicted molar refractivity (Wildman–Crippen MR) is 61.4 cm³/mol. The van der Waals surface area contributed by atoms with E-state index in [9.17, 15) is 4.79 Å². The van der Waals surface area contributed by atoms with Gasteiger partial charge >= 0.3 is 0 Å². The van der Waals surface area contributed by atoms with Crippen molar-refractivity contribution in [2.45, 2.75) is 6.92 Å². The Morgan fingerprint density at radius 1 is 1.53 bits per heavy atom. The first-order valence-electron chi connectivity index (χ1n) is 4.31. The molecule has 0 atom stereocenters. The van der Waals surface area contributed by atoms with Crippen molar-refractivity contribution in [2.24, 2.45) is 0 Å². The summed E-state index contributed by atoms with van der Waals surface area (Å²) in [6, 6.07) is 0. The van der Waals surface area contributed by atoms with Crippen LogP contribution in [0.2, 0.25) is 0 Å². The Hall–Kier alpha value is -1.60. The molecule has 74 valence electrons. The van der Waals surface area contributed by atoms with E-state index in [0.717, 1.165) is 20.9 Å². The summed E-state index contributed by atoms with van der Waals surface area (Å²) in [5.41, 5.74) is 1.70. The minimum absolute atomic E-state index is 0.144. The first-order chi connectivity index (χ1) is 7.18. The third-order valence-corrected chi connectivity index (χ3v) is 2.52. The molecule has 0 amide bonds. The Bertz CT molecular complexity index is 589. The fraction of sp³-hybridized carbons (Fsp3) is 0.0909. The number of nitrogens with one attached hydrogen (secondary N) is 1. The van der Waals surface area contributed by atoms with Crippen molar-refractivity contribution in [2.75, 3.05) is 0 Å². The summed E-state index contributed by atoms with van der Waals surface area (Å²) in [7, 11) is 0. The summed E-state index contributed by atoms with van der Waals surface area (Å²) < 4.78 is 0.870. The van der Waals surface area contributed by atoms with Gasteiger partial charge in [0.2, 0.25) is 5.78 Å². The summed E-state index contributed by atoms with van der Waals surface area (Å²) in [6.45, 7) is 1.44. The molecule has 0 aliphatic rings. The molecule has 4 heteroatoms. The van der Waals surface area contributed by atoms with Crippen molar-refractivity contribution in [1.29, 1.82) is 0 Å². The highest BCUT2D eigenvalue weighted by molar-refractivity contribution is 9.10. The standard InChI is InChI=1S/C11H7BrN2O/c1-7(15)2-3-8-4-14-10-6-13-5-9(12)11(8)10/h4-6,14H,1H3. The molecule has 0 aromatic carbocycles. The Balaban J connectivity index is 2.64. The van der Waals surface area contributed by atoms with Gasteiger partial charge in [0.1, 0.15) is 0 Å². The lowest BCUT2D eigenvalue weighted by atomic mass is 10.2. The first-order valence-corrected chi connectivity index (χ1v) is 5.11. The molecule has 0 saturated heterocycles. The lowest BCUT2D eigenvalue weighted by Gasteiger charge is -1.92. The molecule has 2 heterocycles. The van der Waals surface area contributed by atoms with Crippen LogP contribution in [0.15, 0.2) is 23.1 Å². The number of aromatic nitrogens is 2. The second kappa shape index (κ2) is 3.87. The highest BCUT2D eigenvalue weighted by atomic mass is 79.9. The number of fused-ring (bicyclic) bond motifs is 1. The number of halogens is 1. The fourth-order valence-electron chi connectivity index (χ4n) is 1.29. The third-order valence-electron chi connectivity index (χ3n) is 1.91. The number of hydrogen-bond donors (Lipinski definition) is 1. The summed E-state index contributed by atoms with van der Waals surface area (Å²) in [4.78, 5) is 17.8. The van der Waals surface area contributed by atoms with E-state index in [1.807, 2.05) is 0 Å². The second-order valence-electron chi connectivity index (χ2n) is 3.05. The minimum atomic E-state index is -0.144. The summed E-state index contributed by atoms with van der Waals surface area (Å²) in [5, 5.41) is 0.957. The van der Waals surface area contributed by atoms with Gasteiger partial charge in [0.25, 0.3) is 0 Å². The van der Waals surface area contributed by atoms with Crippen molar-refractivity contribution >= 4 is 32.6 Å². The number of nitrogens with zero attached hydrogens (tertiary/aromatic N) is 1. The van der Waals surface area contributed by atoms with Gasteiger partial charge in [0, 0.05) is 29.2 Å². The number of rotatable bonds is 0. The summed E-state index contributed by atoms with van der Waals surface area (Å²) >= 11 is 3.40. The number of carbonyl (C=O) groups excluding carboxylic acids is 1. The Morgan fingerprint density at radius 2 is 2.33 bits per heavy atom. The van der Waals surface area contributed by atoms with Crippen molar-refractivity contribution in [3.8, 4) is 11.8 Å². The number of hydrogen-bond acceptors (Lipinski definition) is 2. The topological polar surface area (TPSA) is 45.8 Å². The zero-order valence-electron chi connectivity index (χ0n) is 7.97. The van der Waals surface area contributed by atoms with Gasteiger partial charge in [-0.3, -0.25) is 9.78 Å². The fourth-order valence-corrected chi connectivity index (χ4v) is 1.84. The smallest absolute Gasteiger partial charge is 0.202 e. The number of pyridine rings is 1. The summed E-state index contributed by atoms with van der Waals surface area (Å²) in [5.74, 6) is 5.19. The average Bonchev–Trinajstić information content (AvgIpc) is 2.59. The van der Waals surface area contributed by atoms with Crippen molar-refractivity contribution < 1.29 is 4.79 Å². The van der Waals surface area contributed by atoms with E-state index in [2.05, 4.69) is 37.7 Å². The molecule has 1 N–H and O–H groups in total. The van der Waals surface area contributed by atoms with E-state index in [1.165, 1.54) is 6.92 Å². The number of aromatic amines is 1. The molecular formula is C11H7BrN2O. The Labute approximate surface area is 95.0 Å². The van der Waals surface area contributed by atoms with Crippen LogP contribution in [0.5, 0.6) is 0 Å². The van der Waals surface area contributed by atoms with E-state index < -0.39 is 0 Å². The van der Waals surface area contributed by atoms with E-state index in [-0.39, 0.29) is 5.78 Å². The van der Waals surface area contributed by atoms with Gasteiger partial charge in [-0.2, -0.15) is 0 Å². The molecule has 2 rings (SSSR count). The van der Waals surface area contributed by atoms with Crippen LogP contribution in [0.1, 0.15) is 12.5 Å². The second-order valence-corrected chi connectivity index (χ2v) is 3.91. The maximum atomic E-state index is 10.8. The van der Waals surface area contributed by atoms with Crippen LogP contribution in [0.3, 0.4) is 0 Å². The van der Waals surface area contributed by atoms with Gasteiger partial charge in [-0.25, -0.2) is 0 Å². The van der Waals surface area contributed by atoms with Crippen LogP contribution in [0.25, 0.3) is 10.9 Å². The molecule has 2 aromatic rings. The monoisotopic (exact) mass is 262 g/mol. The van der Waals surface area contributed by atoms with E-state index in [4.69, 9.17) is 0 Å². The first kappa shape index (κ1) is 9.94. The molecule has 0 unspecified atom stereocenters. The van der Waals surface area contributed by atoms with Gasteiger partial charge in [-0.05, 0) is 21.9 Å². The zero-order chi connectivity index (χ0) is 10.8. The zero-order valence-corrected chi connectivity index (χ0v) is 9.55. The molecule has 15 heavy (non-hydrogen) atoms. The number of ketones is 1. The van der Waals surface area contributed by atoms with E-state index in [0.29, 0.717) is 0 Å². The highest BCUT2D eigenvalue weighted by Crippen LogP contribution is 2.24. The van der Waals surface area contributed by atoms with Gasteiger partial charge in [-0.15, -0.1) is 0 Å². The van der Waals surface area contributed by atoms with Crippen LogP contribution >= 0.6 is 15.9 Å². The Morgan fingerprint density at radius 3 is 3.07 bits per heavy atom. The van der Waals surface area contributed by atoms with E-state index >= 15 is 0 Å². The predicted octanol–water partition coefficient (Wildman–Crippen LogP) is 2.27. The molecule has 0 aliphatic heterocycles. The molecule has 0 fully saturated rings. The van der Waals surface area contributed by atoms with Crippen molar-refractivity contribution in [3.05, 3.63) is 28.6 Å². The molecule has 0 bridgehead atoms. The number of Topliss-reactive ketones (excluding diaryl/α,β-unsaturated/α-hetero) is 1. The van der Waals surface area contributed by atoms with Gasteiger partial charge in [0.05, 0.1) is 17.3 Å². The molecule has 0 saturated carbocycles. The highest BCUT2D eigenvalue weighted by Gasteiger charge is 2.04. The van der Waals surface area contributed by atoms with Crippen LogP contribution in [0.4, 0.5) is 0 Å². The van der Waals surface area contributed by atoms with Gasteiger partial charge < -0.3 is 4.98 Å². The molecule has 2 aromatic heterocycles. The van der Waals surface area contributed by atoms with Crippen LogP contribution in [-0.4, -0.2) is 15.8 Å². The summed E-state index contributed by atoms with van der Waals surface area (Å²) in [6.07, 6.45) is 5.20. The third kappa shape index (κ3) is 1.92. The number of H-pyrrole nitrogens is 1. The van der Waals surface area contributed by atoms with E-state index in [1.54, 1.807) is 18.6 Å². The molecule has 0 spiro atoms. The molecule has 3 nitrogen and oxygen atoms in total. The van der Waals surface area contributed by atoms with Crippen LogP contribution in [-0.2, 0) is 4.79 Å². The van der Waals surface area contributed by atoms with Crippen molar-refractivity contribution in [3.63, 3.8) is 0 Å². The maximum Gasteiger partial charge on any atom is 0.202 e. The van der Waals surface area contributed by atoms with Gasteiger partial charge in [-0.1, -0.05) is 5.92 Å². The van der Waals surface area contributed by atoms with Crippen LogP contribution < -0.4 is 0 Å². The normalized spacial score (nSPS) is 9.73. The molecule has 0 aliphatic carbocycles. The van der Waals surface area contributed by atoms with Crippen molar-refractivity contribution in [1.82, 2.24) is 9.97 Å². The number of carbonyl (C=O) groups is 1. The lowest BCUT2D eigenvalue weighted by molar-refractivity contribution is -0.111. The molecule has 0 radical (unpaired) electrons. The van der Waals surface area contributed by atoms with Crippen LogP contribution in [0, 0.1) is 11.8 Å².